The molecule has 5 heteroatoms. The number of rotatable bonds is 3. The number of hydrogen-bond acceptors (Lipinski definition) is 5. The largest absolute Gasteiger partial charge is 0.465 e. The lowest BCUT2D eigenvalue weighted by atomic mass is 10.0. The van der Waals surface area contributed by atoms with Gasteiger partial charge in [-0.15, -0.1) is 11.3 Å². The zero-order valence-corrected chi connectivity index (χ0v) is 11.1. The number of hydrogen-bond donors (Lipinski definition) is 0. The Balaban J connectivity index is 2.50. The van der Waals surface area contributed by atoms with E-state index in [0.717, 1.165) is 30.4 Å². The first kappa shape index (κ1) is 12.8. The highest BCUT2D eigenvalue weighted by atomic mass is 32.1. The molecule has 0 spiro atoms. The number of ether oxygens (including phenoxy) is 2. The fourth-order valence-corrected chi connectivity index (χ4v) is 3.05. The van der Waals surface area contributed by atoms with E-state index < -0.39 is 11.9 Å². The Hall–Kier alpha value is -1.62. The van der Waals surface area contributed by atoms with E-state index in [-0.39, 0.29) is 0 Å². The number of thiophene rings is 1. The highest BCUT2D eigenvalue weighted by Gasteiger charge is 2.26. The van der Waals surface area contributed by atoms with Crippen molar-refractivity contribution < 1.29 is 19.1 Å². The van der Waals surface area contributed by atoms with Crippen molar-refractivity contribution >= 4 is 28.8 Å². The summed E-state index contributed by atoms with van der Waals surface area (Å²) in [6.07, 6.45) is 5.13. The second-order valence-corrected chi connectivity index (χ2v) is 4.84. The minimum absolute atomic E-state index is 0.312. The molecule has 1 aliphatic rings. The normalized spacial score (nSPS) is 14.2. The van der Waals surface area contributed by atoms with Crippen LogP contribution in [0.15, 0.2) is 11.5 Å². The van der Waals surface area contributed by atoms with Crippen molar-refractivity contribution in [1.29, 1.82) is 0 Å². The van der Waals surface area contributed by atoms with E-state index in [1.54, 1.807) is 0 Å². The molecule has 1 aromatic rings. The molecule has 0 atom stereocenters. The molecule has 0 bridgehead atoms. The van der Waals surface area contributed by atoms with Gasteiger partial charge < -0.3 is 9.47 Å². The topological polar surface area (TPSA) is 52.6 Å². The van der Waals surface area contributed by atoms with Crippen molar-refractivity contribution in [3.05, 3.63) is 27.5 Å². The van der Waals surface area contributed by atoms with Crippen LogP contribution in [0.4, 0.5) is 0 Å². The van der Waals surface area contributed by atoms with E-state index in [9.17, 15) is 9.59 Å². The van der Waals surface area contributed by atoms with E-state index in [2.05, 4.69) is 6.08 Å². The van der Waals surface area contributed by atoms with Crippen LogP contribution in [0.3, 0.4) is 0 Å². The van der Waals surface area contributed by atoms with Crippen LogP contribution in [0.2, 0.25) is 0 Å². The molecular formula is C13H14O4S. The first-order chi connectivity index (χ1) is 8.69. The Morgan fingerprint density at radius 1 is 1.22 bits per heavy atom. The van der Waals surface area contributed by atoms with E-state index in [4.69, 9.17) is 9.47 Å². The van der Waals surface area contributed by atoms with Crippen LogP contribution < -0.4 is 0 Å². The zero-order chi connectivity index (χ0) is 13.1. The average Bonchev–Trinajstić information content (AvgIpc) is 3.04. The van der Waals surface area contributed by atoms with Gasteiger partial charge in [0.1, 0.15) is 4.88 Å². The van der Waals surface area contributed by atoms with E-state index in [1.165, 1.54) is 25.6 Å². The standard InChI is InChI=1S/C13H14O4S/c1-16-12(14)10-9(8-5-3-4-6-8)7-18-11(10)13(15)17-2/h5,7H,3-4,6H2,1-2H3. The smallest absolute Gasteiger partial charge is 0.348 e. The van der Waals surface area contributed by atoms with E-state index in [1.807, 2.05) is 5.38 Å². The summed E-state index contributed by atoms with van der Waals surface area (Å²) in [4.78, 5) is 23.8. The van der Waals surface area contributed by atoms with Crippen LogP contribution in [0.25, 0.3) is 5.57 Å². The molecule has 2 rings (SSSR count). The van der Waals surface area contributed by atoms with Gasteiger partial charge in [0.25, 0.3) is 0 Å². The SMILES string of the molecule is COC(=O)c1scc(C2=CCCC2)c1C(=O)OC. The quantitative estimate of drug-likeness (QED) is 0.789. The molecule has 18 heavy (non-hydrogen) atoms. The fraction of sp³-hybridized carbons (Fsp3) is 0.385. The summed E-state index contributed by atoms with van der Waals surface area (Å²) in [5, 5.41) is 1.83. The number of methoxy groups -OCH3 is 2. The first-order valence-corrected chi connectivity index (χ1v) is 6.54. The Kier molecular flexibility index (Phi) is 3.81. The van der Waals surface area contributed by atoms with E-state index >= 15 is 0 Å². The third-order valence-corrected chi connectivity index (χ3v) is 3.90. The number of esters is 2. The summed E-state index contributed by atoms with van der Waals surface area (Å²) < 4.78 is 9.45. The molecule has 0 radical (unpaired) electrons. The summed E-state index contributed by atoms with van der Waals surface area (Å²) in [6.45, 7) is 0. The third-order valence-electron chi connectivity index (χ3n) is 2.94. The summed E-state index contributed by atoms with van der Waals surface area (Å²) >= 11 is 1.22. The van der Waals surface area contributed by atoms with Crippen molar-refractivity contribution in [3.63, 3.8) is 0 Å². The second-order valence-electron chi connectivity index (χ2n) is 3.96. The van der Waals surface area contributed by atoms with E-state index in [0.29, 0.717) is 10.4 Å². The predicted octanol–water partition coefficient (Wildman–Crippen LogP) is 2.89. The summed E-state index contributed by atoms with van der Waals surface area (Å²) in [5.74, 6) is -0.982. The van der Waals surface area contributed by atoms with Crippen LogP contribution in [-0.2, 0) is 9.47 Å². The molecule has 0 saturated carbocycles. The maximum Gasteiger partial charge on any atom is 0.348 e. The molecule has 0 amide bonds. The lowest BCUT2D eigenvalue weighted by Crippen LogP contribution is -2.10. The predicted molar refractivity (Wildman–Crippen MR) is 68.8 cm³/mol. The van der Waals surface area contributed by atoms with Gasteiger partial charge in [0, 0.05) is 10.9 Å². The van der Waals surface area contributed by atoms with Crippen LogP contribution in [0.1, 0.15) is 44.9 Å². The molecule has 1 aliphatic carbocycles. The highest BCUT2D eigenvalue weighted by Crippen LogP contribution is 2.35. The Bertz CT molecular complexity index is 513. The molecule has 1 heterocycles. The first-order valence-electron chi connectivity index (χ1n) is 5.66. The zero-order valence-electron chi connectivity index (χ0n) is 10.3. The van der Waals surface area contributed by atoms with Crippen LogP contribution in [0.5, 0.6) is 0 Å². The van der Waals surface area contributed by atoms with Gasteiger partial charge in [-0.2, -0.15) is 0 Å². The van der Waals surface area contributed by atoms with Gasteiger partial charge in [-0.3, -0.25) is 0 Å². The Morgan fingerprint density at radius 2 is 1.94 bits per heavy atom. The van der Waals surface area contributed by atoms with Gasteiger partial charge in [0.05, 0.1) is 19.8 Å². The van der Waals surface area contributed by atoms with Crippen molar-refractivity contribution in [2.24, 2.45) is 0 Å². The molecule has 0 saturated heterocycles. The molecule has 0 unspecified atom stereocenters. The third kappa shape index (κ3) is 2.18. The summed E-state index contributed by atoms with van der Waals surface area (Å²) in [5.41, 5.74) is 2.26. The van der Waals surface area contributed by atoms with Crippen LogP contribution >= 0.6 is 11.3 Å². The monoisotopic (exact) mass is 266 g/mol. The molecule has 96 valence electrons. The van der Waals surface area contributed by atoms with Gasteiger partial charge in [0.15, 0.2) is 0 Å². The fourth-order valence-electron chi connectivity index (χ4n) is 2.06. The van der Waals surface area contributed by atoms with Crippen molar-refractivity contribution in [3.8, 4) is 0 Å². The second kappa shape index (κ2) is 5.35. The average molecular weight is 266 g/mol. The number of carbonyl (C=O) groups is 2. The molecule has 0 N–H and O–H groups in total. The summed E-state index contributed by atoms with van der Waals surface area (Å²) in [6, 6.07) is 0. The Morgan fingerprint density at radius 3 is 2.50 bits per heavy atom. The van der Waals surface area contributed by atoms with Crippen molar-refractivity contribution in [1.82, 2.24) is 0 Å². The number of allylic oxidation sites excluding steroid dienone is 2. The maximum atomic E-state index is 11.8. The molecule has 0 aliphatic heterocycles. The van der Waals surface area contributed by atoms with Crippen molar-refractivity contribution in [2.45, 2.75) is 19.3 Å². The van der Waals surface area contributed by atoms with Crippen LogP contribution in [0, 0.1) is 0 Å². The van der Waals surface area contributed by atoms with Crippen molar-refractivity contribution in [2.75, 3.05) is 14.2 Å². The maximum absolute atomic E-state index is 11.8. The van der Waals surface area contributed by atoms with Gasteiger partial charge in [-0.25, -0.2) is 9.59 Å². The summed E-state index contributed by atoms with van der Waals surface area (Å²) in [7, 11) is 2.62. The minimum atomic E-state index is -0.495. The molecule has 1 aromatic heterocycles. The molecular weight excluding hydrogens is 252 g/mol. The number of carbonyl (C=O) groups excluding carboxylic acids is 2. The molecule has 0 fully saturated rings. The van der Waals surface area contributed by atoms with Gasteiger partial charge in [-0.1, -0.05) is 6.08 Å². The van der Waals surface area contributed by atoms with Crippen LogP contribution in [-0.4, -0.2) is 26.2 Å². The van der Waals surface area contributed by atoms with Gasteiger partial charge in [-0.05, 0) is 24.8 Å². The lowest BCUT2D eigenvalue weighted by Gasteiger charge is -2.05. The van der Waals surface area contributed by atoms with Gasteiger partial charge in [0.2, 0.25) is 0 Å². The Labute approximate surface area is 109 Å². The molecule has 0 aromatic carbocycles. The van der Waals surface area contributed by atoms with Gasteiger partial charge >= 0.3 is 11.9 Å². The highest BCUT2D eigenvalue weighted by molar-refractivity contribution is 7.12. The minimum Gasteiger partial charge on any atom is -0.465 e. The molecule has 4 nitrogen and oxygen atoms in total. The lowest BCUT2D eigenvalue weighted by molar-refractivity contribution is 0.0560.